The molecule has 0 bridgehead atoms. The van der Waals surface area contributed by atoms with Crippen LogP contribution in [0.5, 0.6) is 0 Å². The minimum absolute atomic E-state index is 0.195. The predicted molar refractivity (Wildman–Crippen MR) is 72.9 cm³/mol. The fourth-order valence-corrected chi connectivity index (χ4v) is 3.75. The molecule has 0 fully saturated rings. The molecule has 0 radical (unpaired) electrons. The van der Waals surface area contributed by atoms with E-state index in [9.17, 15) is 9.90 Å². The molecule has 0 aliphatic rings. The van der Waals surface area contributed by atoms with Gasteiger partial charge >= 0.3 is 0 Å². The van der Waals surface area contributed by atoms with Gasteiger partial charge in [-0.25, -0.2) is 0 Å². The Bertz CT molecular complexity index is 402. The van der Waals surface area contributed by atoms with Crippen molar-refractivity contribution in [2.24, 2.45) is 0 Å². The van der Waals surface area contributed by atoms with E-state index in [1.165, 1.54) is 11.3 Å². The minimum Gasteiger partial charge on any atom is -0.391 e. The summed E-state index contributed by atoms with van der Waals surface area (Å²) in [6.45, 7) is 5.22. The number of carbonyl (C=O) groups excluding carboxylic acids is 1. The molecule has 1 aromatic rings. The molecule has 0 spiro atoms. The fourth-order valence-electron chi connectivity index (χ4n) is 0.959. The Morgan fingerprint density at radius 3 is 2.50 bits per heavy atom. The topological polar surface area (TPSA) is 49.3 Å². The van der Waals surface area contributed by atoms with Gasteiger partial charge in [-0.2, -0.15) is 0 Å². The Morgan fingerprint density at radius 2 is 2.12 bits per heavy atom. The summed E-state index contributed by atoms with van der Waals surface area (Å²) in [7, 11) is 0. The maximum Gasteiger partial charge on any atom is 0.253 e. The second-order valence-corrected chi connectivity index (χ2v) is 7.84. The molecule has 0 aliphatic heterocycles. The molecule has 1 rings (SSSR count). The number of thiophene rings is 1. The van der Waals surface area contributed by atoms with Crippen molar-refractivity contribution >= 4 is 49.1 Å². The van der Waals surface area contributed by atoms with Crippen molar-refractivity contribution in [2.45, 2.75) is 32.4 Å². The van der Waals surface area contributed by atoms with Crippen LogP contribution in [0, 0.1) is 0 Å². The SMILES string of the molecule is CC(O)C(C)(C)NC(=O)c1cc(Br)sc1Br. The van der Waals surface area contributed by atoms with E-state index in [1.807, 2.05) is 0 Å². The van der Waals surface area contributed by atoms with Crippen molar-refractivity contribution in [3.63, 3.8) is 0 Å². The van der Waals surface area contributed by atoms with Crippen molar-refractivity contribution in [2.75, 3.05) is 0 Å². The van der Waals surface area contributed by atoms with Gasteiger partial charge in [-0.05, 0) is 58.7 Å². The van der Waals surface area contributed by atoms with Crippen molar-refractivity contribution in [1.82, 2.24) is 5.32 Å². The third-order valence-corrected chi connectivity index (χ3v) is 4.72. The third kappa shape index (κ3) is 3.29. The minimum atomic E-state index is -0.648. The van der Waals surface area contributed by atoms with E-state index in [-0.39, 0.29) is 5.91 Å². The molecule has 0 aliphatic carbocycles. The summed E-state index contributed by atoms with van der Waals surface area (Å²) in [5.74, 6) is -0.195. The lowest BCUT2D eigenvalue weighted by molar-refractivity contribution is 0.0709. The van der Waals surface area contributed by atoms with Crippen LogP contribution in [-0.2, 0) is 0 Å². The number of carbonyl (C=O) groups is 1. The van der Waals surface area contributed by atoms with E-state index >= 15 is 0 Å². The number of aliphatic hydroxyl groups is 1. The second kappa shape index (κ2) is 5.16. The maximum atomic E-state index is 11.9. The van der Waals surface area contributed by atoms with Crippen LogP contribution in [-0.4, -0.2) is 22.7 Å². The lowest BCUT2D eigenvalue weighted by Gasteiger charge is -2.29. The van der Waals surface area contributed by atoms with Gasteiger partial charge in [-0.15, -0.1) is 11.3 Å². The molecular weight excluding hydrogens is 358 g/mol. The van der Waals surface area contributed by atoms with E-state index in [0.29, 0.717) is 5.56 Å². The quantitative estimate of drug-likeness (QED) is 0.858. The van der Waals surface area contributed by atoms with E-state index in [2.05, 4.69) is 37.2 Å². The van der Waals surface area contributed by atoms with Crippen molar-refractivity contribution in [3.8, 4) is 0 Å². The van der Waals surface area contributed by atoms with Crippen LogP contribution in [0.3, 0.4) is 0 Å². The molecule has 1 atom stereocenters. The first kappa shape index (κ1) is 14.2. The van der Waals surface area contributed by atoms with Crippen LogP contribution in [0.1, 0.15) is 31.1 Å². The van der Waals surface area contributed by atoms with Crippen LogP contribution in [0.4, 0.5) is 0 Å². The molecule has 1 aromatic heterocycles. The summed E-state index contributed by atoms with van der Waals surface area (Å²) >= 11 is 8.09. The van der Waals surface area contributed by atoms with E-state index in [0.717, 1.165) is 7.57 Å². The van der Waals surface area contributed by atoms with Crippen LogP contribution >= 0.6 is 43.2 Å². The van der Waals surface area contributed by atoms with Gasteiger partial charge < -0.3 is 10.4 Å². The fraction of sp³-hybridized carbons (Fsp3) is 0.500. The van der Waals surface area contributed by atoms with E-state index in [4.69, 9.17) is 0 Å². The second-order valence-electron chi connectivity index (χ2n) is 4.09. The molecule has 1 heterocycles. The summed E-state index contributed by atoms with van der Waals surface area (Å²) in [5, 5.41) is 12.3. The molecule has 0 aromatic carbocycles. The van der Waals surface area contributed by atoms with Gasteiger partial charge in [-0.3, -0.25) is 4.79 Å². The molecule has 2 N–H and O–H groups in total. The van der Waals surface area contributed by atoms with Gasteiger partial charge in [0.15, 0.2) is 0 Å². The molecule has 1 amide bonds. The maximum absolute atomic E-state index is 11.9. The standard InChI is InChI=1S/C10H13Br2NO2S/c1-5(14)10(2,3)13-9(15)6-4-7(11)16-8(6)12/h4-5,14H,1-3H3,(H,13,15). The normalized spacial score (nSPS) is 13.6. The number of halogens is 2. The monoisotopic (exact) mass is 369 g/mol. The average molecular weight is 371 g/mol. The third-order valence-electron chi connectivity index (χ3n) is 2.38. The first-order valence-corrected chi connectivity index (χ1v) is 7.09. The number of hydrogen-bond acceptors (Lipinski definition) is 3. The van der Waals surface area contributed by atoms with Crippen LogP contribution in [0.15, 0.2) is 13.6 Å². The number of nitrogens with one attached hydrogen (secondary N) is 1. The summed E-state index contributed by atoms with van der Waals surface area (Å²) in [6, 6.07) is 1.75. The first-order valence-electron chi connectivity index (χ1n) is 4.69. The molecule has 1 unspecified atom stereocenters. The Labute approximate surface area is 116 Å². The summed E-state index contributed by atoms with van der Waals surface area (Å²) in [4.78, 5) is 11.9. The molecule has 0 saturated heterocycles. The van der Waals surface area contributed by atoms with Gasteiger partial charge in [0, 0.05) is 0 Å². The van der Waals surface area contributed by atoms with Gasteiger partial charge in [0.1, 0.15) is 0 Å². The Morgan fingerprint density at radius 1 is 1.56 bits per heavy atom. The van der Waals surface area contributed by atoms with E-state index < -0.39 is 11.6 Å². The molecular formula is C10H13Br2NO2S. The van der Waals surface area contributed by atoms with Gasteiger partial charge in [0.2, 0.25) is 0 Å². The summed E-state index contributed by atoms with van der Waals surface area (Å²) in [5.41, 5.74) is -0.0733. The van der Waals surface area contributed by atoms with Crippen molar-refractivity contribution in [1.29, 1.82) is 0 Å². The summed E-state index contributed by atoms with van der Waals surface area (Å²) in [6.07, 6.45) is -0.614. The molecule has 3 nitrogen and oxygen atoms in total. The molecule has 16 heavy (non-hydrogen) atoms. The van der Waals surface area contributed by atoms with E-state index in [1.54, 1.807) is 26.8 Å². The lowest BCUT2D eigenvalue weighted by Crippen LogP contribution is -2.50. The zero-order valence-corrected chi connectivity index (χ0v) is 13.2. The van der Waals surface area contributed by atoms with Crippen LogP contribution < -0.4 is 5.32 Å². The lowest BCUT2D eigenvalue weighted by atomic mass is 9.98. The van der Waals surface area contributed by atoms with Gasteiger partial charge in [0.25, 0.3) is 5.91 Å². The smallest absolute Gasteiger partial charge is 0.253 e. The highest BCUT2D eigenvalue weighted by Gasteiger charge is 2.27. The summed E-state index contributed by atoms with van der Waals surface area (Å²) < 4.78 is 1.66. The number of aliphatic hydroxyl groups excluding tert-OH is 1. The Balaban J connectivity index is 2.85. The van der Waals surface area contributed by atoms with Gasteiger partial charge in [-0.1, -0.05) is 0 Å². The highest BCUT2D eigenvalue weighted by molar-refractivity contribution is 9.12. The molecule has 90 valence electrons. The van der Waals surface area contributed by atoms with Crippen LogP contribution in [0.25, 0.3) is 0 Å². The van der Waals surface area contributed by atoms with Crippen molar-refractivity contribution in [3.05, 3.63) is 19.2 Å². The molecule has 0 saturated carbocycles. The molecule has 6 heteroatoms. The average Bonchev–Trinajstić information content (AvgIpc) is 2.44. The largest absolute Gasteiger partial charge is 0.391 e. The zero-order chi connectivity index (χ0) is 12.5. The highest BCUT2D eigenvalue weighted by atomic mass is 79.9. The Hall–Kier alpha value is 0.0900. The number of hydrogen-bond donors (Lipinski definition) is 2. The van der Waals surface area contributed by atoms with Crippen LogP contribution in [0.2, 0.25) is 0 Å². The van der Waals surface area contributed by atoms with Crippen molar-refractivity contribution < 1.29 is 9.90 Å². The zero-order valence-electron chi connectivity index (χ0n) is 9.17. The highest BCUT2D eigenvalue weighted by Crippen LogP contribution is 2.32. The number of amides is 1. The van der Waals surface area contributed by atoms with Gasteiger partial charge in [0.05, 0.1) is 24.8 Å². The Kier molecular flexibility index (Phi) is 4.57. The predicted octanol–water partition coefficient (Wildman–Crippen LogP) is 3.16. The first-order chi connectivity index (χ1) is 7.24. The number of rotatable bonds is 3.